The van der Waals surface area contributed by atoms with Crippen molar-refractivity contribution in [2.24, 2.45) is 7.05 Å². The average Bonchev–Trinajstić information content (AvgIpc) is 3.34. The first-order valence-corrected chi connectivity index (χ1v) is 10.6. The fourth-order valence-electron chi connectivity index (χ4n) is 4.11. The van der Waals surface area contributed by atoms with Crippen molar-refractivity contribution in [3.63, 3.8) is 0 Å². The Labute approximate surface area is 197 Å². The summed E-state index contributed by atoms with van der Waals surface area (Å²) in [5.74, 6) is -1.00. The smallest absolute Gasteiger partial charge is 0.374 e. The number of nitrogens with zero attached hydrogens (tertiary/aromatic N) is 6. The summed E-state index contributed by atoms with van der Waals surface area (Å²) in [6, 6.07) is 8.10. The third kappa shape index (κ3) is 3.73. The number of carbonyl (C=O) groups excluding carboxylic acids is 1. The van der Waals surface area contributed by atoms with Crippen LogP contribution < -0.4 is 0 Å². The van der Waals surface area contributed by atoms with E-state index in [1.54, 1.807) is 38.2 Å². The van der Waals surface area contributed by atoms with Crippen LogP contribution in [0.4, 0.5) is 13.2 Å². The highest BCUT2D eigenvalue weighted by molar-refractivity contribution is 6.36. The summed E-state index contributed by atoms with van der Waals surface area (Å²) >= 11 is 6.53. The highest BCUT2D eigenvalue weighted by Gasteiger charge is 2.55. The molecule has 1 aromatic carbocycles. The zero-order valence-corrected chi connectivity index (χ0v) is 19.2. The molecule has 1 aliphatic rings. The summed E-state index contributed by atoms with van der Waals surface area (Å²) in [4.78, 5) is 18.6. The molecule has 34 heavy (non-hydrogen) atoms. The third-order valence-corrected chi connectivity index (χ3v) is 6.26. The SMILES string of the molecule is C[C@H]1CN(C(=O)c2nn(C)c(-c3ccc(C#N)cc3)c2Cl)Cc2cnc(C(C)(O)C(F)(F)F)n21. The van der Waals surface area contributed by atoms with Crippen LogP contribution in [0.1, 0.15) is 47.5 Å². The normalized spacial score (nSPS) is 17.7. The Morgan fingerprint density at radius 1 is 1.29 bits per heavy atom. The van der Waals surface area contributed by atoms with E-state index in [-0.39, 0.29) is 23.8 Å². The number of aliphatic hydroxyl groups is 1. The minimum atomic E-state index is -4.91. The molecule has 1 unspecified atom stereocenters. The van der Waals surface area contributed by atoms with Gasteiger partial charge in [0.25, 0.3) is 5.91 Å². The maximum atomic E-state index is 13.4. The quantitative estimate of drug-likeness (QED) is 0.599. The molecule has 0 saturated heterocycles. The van der Waals surface area contributed by atoms with Crippen LogP contribution in [0, 0.1) is 11.3 Å². The van der Waals surface area contributed by atoms with Crippen LogP contribution in [0.5, 0.6) is 0 Å². The van der Waals surface area contributed by atoms with Crippen LogP contribution in [0.15, 0.2) is 30.5 Å². The highest BCUT2D eigenvalue weighted by atomic mass is 35.5. The first-order valence-electron chi connectivity index (χ1n) is 10.2. The zero-order valence-electron chi connectivity index (χ0n) is 18.4. The average molecular weight is 493 g/mol. The number of hydrogen-bond acceptors (Lipinski definition) is 5. The van der Waals surface area contributed by atoms with Crippen molar-refractivity contribution in [2.75, 3.05) is 6.54 Å². The van der Waals surface area contributed by atoms with Gasteiger partial charge >= 0.3 is 6.18 Å². The molecule has 1 amide bonds. The molecule has 2 aromatic heterocycles. The van der Waals surface area contributed by atoms with E-state index >= 15 is 0 Å². The second kappa shape index (κ2) is 8.14. The topological polar surface area (TPSA) is 100.0 Å². The lowest BCUT2D eigenvalue weighted by Gasteiger charge is -2.36. The summed E-state index contributed by atoms with van der Waals surface area (Å²) in [5.41, 5.74) is -1.14. The van der Waals surface area contributed by atoms with Crippen molar-refractivity contribution in [3.8, 4) is 17.3 Å². The summed E-state index contributed by atoms with van der Waals surface area (Å²) in [5, 5.41) is 23.5. The molecule has 0 radical (unpaired) electrons. The Hall–Kier alpha value is -3.36. The van der Waals surface area contributed by atoms with Crippen LogP contribution in [0.2, 0.25) is 5.02 Å². The lowest BCUT2D eigenvalue weighted by Crippen LogP contribution is -2.45. The molecular formula is C22H20ClF3N6O2. The number of nitriles is 1. The maximum absolute atomic E-state index is 13.4. The minimum Gasteiger partial charge on any atom is -0.374 e. The zero-order chi connectivity index (χ0) is 25.0. The van der Waals surface area contributed by atoms with Crippen LogP contribution in [-0.4, -0.2) is 48.0 Å². The van der Waals surface area contributed by atoms with Gasteiger partial charge in [0, 0.05) is 19.2 Å². The molecule has 1 aliphatic heterocycles. The molecule has 0 fully saturated rings. The first kappa shape index (κ1) is 23.8. The molecule has 3 aromatic rings. The van der Waals surface area contributed by atoms with Crippen molar-refractivity contribution in [2.45, 2.75) is 38.2 Å². The van der Waals surface area contributed by atoms with Crippen molar-refractivity contribution in [3.05, 3.63) is 58.3 Å². The summed E-state index contributed by atoms with van der Waals surface area (Å²) in [6.07, 6.45) is -3.68. The van der Waals surface area contributed by atoms with E-state index in [0.717, 1.165) is 0 Å². The van der Waals surface area contributed by atoms with Gasteiger partial charge in [-0.1, -0.05) is 23.7 Å². The molecule has 0 aliphatic carbocycles. The van der Waals surface area contributed by atoms with Gasteiger partial charge in [-0.2, -0.15) is 23.5 Å². The van der Waals surface area contributed by atoms with Crippen LogP contribution in [0.25, 0.3) is 11.3 Å². The third-order valence-electron chi connectivity index (χ3n) is 5.91. The fraction of sp³-hybridized carbons (Fsp3) is 0.364. The van der Waals surface area contributed by atoms with E-state index < -0.39 is 29.6 Å². The van der Waals surface area contributed by atoms with Gasteiger partial charge in [-0.3, -0.25) is 9.48 Å². The van der Waals surface area contributed by atoms with E-state index in [1.165, 1.54) is 20.3 Å². The molecule has 4 rings (SSSR count). The Morgan fingerprint density at radius 2 is 1.94 bits per heavy atom. The van der Waals surface area contributed by atoms with Gasteiger partial charge in [-0.05, 0) is 26.0 Å². The number of halogens is 4. The van der Waals surface area contributed by atoms with E-state index in [0.29, 0.717) is 29.4 Å². The molecule has 0 spiro atoms. The number of fused-ring (bicyclic) bond motifs is 1. The van der Waals surface area contributed by atoms with E-state index in [2.05, 4.69) is 10.1 Å². The molecule has 2 atom stereocenters. The van der Waals surface area contributed by atoms with Gasteiger partial charge in [-0.15, -0.1) is 0 Å². The van der Waals surface area contributed by atoms with Crippen molar-refractivity contribution < 1.29 is 23.1 Å². The number of carbonyl (C=O) groups is 1. The minimum absolute atomic E-state index is 0.00574. The van der Waals surface area contributed by atoms with E-state index in [1.807, 2.05) is 6.07 Å². The predicted molar refractivity (Wildman–Crippen MR) is 116 cm³/mol. The molecule has 0 bridgehead atoms. The molecule has 12 heteroatoms. The lowest BCUT2D eigenvalue weighted by atomic mass is 10.0. The maximum Gasteiger partial charge on any atom is 0.424 e. The molecule has 0 saturated carbocycles. The van der Waals surface area contributed by atoms with Gasteiger partial charge in [-0.25, -0.2) is 4.98 Å². The van der Waals surface area contributed by atoms with Gasteiger partial charge in [0.2, 0.25) is 5.60 Å². The number of aryl methyl sites for hydroxylation is 1. The Balaban J connectivity index is 1.65. The van der Waals surface area contributed by atoms with Gasteiger partial charge in [0.15, 0.2) is 11.5 Å². The lowest BCUT2D eigenvalue weighted by molar-refractivity contribution is -0.263. The van der Waals surface area contributed by atoms with Crippen molar-refractivity contribution >= 4 is 17.5 Å². The molecule has 8 nitrogen and oxygen atoms in total. The molecular weight excluding hydrogens is 473 g/mol. The number of amides is 1. The van der Waals surface area contributed by atoms with Gasteiger partial charge in [0.05, 0.1) is 46.8 Å². The Bertz CT molecular complexity index is 1300. The van der Waals surface area contributed by atoms with E-state index in [9.17, 15) is 23.1 Å². The molecule has 1 N–H and O–H groups in total. The van der Waals surface area contributed by atoms with Gasteiger partial charge < -0.3 is 14.6 Å². The number of hydrogen-bond donors (Lipinski definition) is 1. The standard InChI is InChI=1S/C22H20ClF3N6O2/c1-12-10-31(11-15-9-28-20(32(12)15)21(2,34)22(24,25)26)19(33)17-16(23)18(30(3)29-17)14-6-4-13(8-27)5-7-14/h4-7,9,12,34H,10-11H2,1-3H3/t12-,21?/m0/s1. The van der Waals surface area contributed by atoms with Crippen LogP contribution in [0.3, 0.4) is 0 Å². The summed E-state index contributed by atoms with van der Waals surface area (Å²) in [7, 11) is 1.63. The fourth-order valence-corrected chi connectivity index (χ4v) is 4.46. The predicted octanol–water partition coefficient (Wildman–Crippen LogP) is 3.80. The summed E-state index contributed by atoms with van der Waals surface area (Å²) in [6.45, 7) is 2.35. The number of alkyl halides is 3. The number of imidazole rings is 1. The largest absolute Gasteiger partial charge is 0.424 e. The van der Waals surface area contributed by atoms with Gasteiger partial charge in [0.1, 0.15) is 0 Å². The number of benzene rings is 1. The second-order valence-electron chi connectivity index (χ2n) is 8.37. The van der Waals surface area contributed by atoms with Crippen molar-refractivity contribution in [1.29, 1.82) is 5.26 Å². The van der Waals surface area contributed by atoms with Crippen LogP contribution >= 0.6 is 11.6 Å². The van der Waals surface area contributed by atoms with E-state index in [4.69, 9.17) is 16.9 Å². The molecule has 3 heterocycles. The molecule has 178 valence electrons. The Kier molecular flexibility index (Phi) is 5.70. The number of aromatic nitrogens is 4. The second-order valence-corrected chi connectivity index (χ2v) is 8.75. The number of rotatable bonds is 3. The Morgan fingerprint density at radius 3 is 2.53 bits per heavy atom. The van der Waals surface area contributed by atoms with Crippen LogP contribution in [-0.2, 0) is 19.2 Å². The van der Waals surface area contributed by atoms with Crippen molar-refractivity contribution in [1.82, 2.24) is 24.2 Å². The first-order chi connectivity index (χ1) is 15.9. The highest BCUT2D eigenvalue weighted by Crippen LogP contribution is 2.40. The summed E-state index contributed by atoms with van der Waals surface area (Å²) < 4.78 is 42.9. The monoisotopic (exact) mass is 492 g/mol.